The topological polar surface area (TPSA) is 49.4 Å². The molecule has 0 aliphatic carbocycles. The van der Waals surface area contributed by atoms with Gasteiger partial charge in [0.15, 0.2) is 0 Å². The molecule has 2 aromatic carbocycles. The molecular weight excluding hydrogens is 320 g/mol. The molecule has 124 valence electrons. The summed E-state index contributed by atoms with van der Waals surface area (Å²) in [6.45, 7) is 3.60. The maximum Gasteiger partial charge on any atom is 0.238 e. The normalized spacial score (nSPS) is 17.2. The molecule has 0 aromatic heterocycles. The van der Waals surface area contributed by atoms with E-state index in [1.54, 1.807) is 11.8 Å². The average molecular weight is 340 g/mol. The molecular formula is C19H20N2O2S. The quantitative estimate of drug-likeness (QED) is 0.916. The molecule has 4 nitrogen and oxygen atoms in total. The second kappa shape index (κ2) is 7.09. The summed E-state index contributed by atoms with van der Waals surface area (Å²) in [5.41, 5.74) is 3.99. The van der Waals surface area contributed by atoms with Crippen LogP contribution in [0.25, 0.3) is 0 Å². The molecule has 3 rings (SSSR count). The molecule has 0 spiro atoms. The van der Waals surface area contributed by atoms with Crippen LogP contribution in [0, 0.1) is 0 Å². The van der Waals surface area contributed by atoms with Crippen molar-refractivity contribution in [3.63, 3.8) is 0 Å². The molecule has 1 atom stereocenters. The van der Waals surface area contributed by atoms with Crippen LogP contribution in [-0.2, 0) is 16.0 Å². The molecule has 1 fully saturated rings. The van der Waals surface area contributed by atoms with Gasteiger partial charge in [-0.25, -0.2) is 0 Å². The highest BCUT2D eigenvalue weighted by Crippen LogP contribution is 2.42. The number of hydrogen-bond acceptors (Lipinski definition) is 3. The summed E-state index contributed by atoms with van der Waals surface area (Å²) >= 11 is 1.63. The van der Waals surface area contributed by atoms with Crippen LogP contribution < -0.4 is 10.2 Å². The van der Waals surface area contributed by atoms with Crippen LogP contribution in [0.2, 0.25) is 0 Å². The average Bonchev–Trinajstić information content (AvgIpc) is 2.96. The molecule has 1 aliphatic rings. The minimum Gasteiger partial charge on any atom is -0.326 e. The number of carbonyl (C=O) groups excluding carboxylic acids is 2. The molecule has 0 saturated carbocycles. The Kier molecular flexibility index (Phi) is 4.90. The van der Waals surface area contributed by atoms with E-state index in [4.69, 9.17) is 0 Å². The summed E-state index contributed by atoms with van der Waals surface area (Å²) in [6.07, 6.45) is 0.944. The van der Waals surface area contributed by atoms with E-state index in [1.807, 2.05) is 41.3 Å². The zero-order chi connectivity index (χ0) is 17.1. The number of benzene rings is 2. The Balaban J connectivity index is 1.88. The summed E-state index contributed by atoms with van der Waals surface area (Å²) < 4.78 is 0. The van der Waals surface area contributed by atoms with Crippen molar-refractivity contribution in [3.8, 4) is 0 Å². The third kappa shape index (κ3) is 3.46. The number of anilines is 2. The van der Waals surface area contributed by atoms with Gasteiger partial charge in [-0.15, -0.1) is 11.8 Å². The highest BCUT2D eigenvalue weighted by Gasteiger charge is 2.34. The van der Waals surface area contributed by atoms with E-state index in [1.165, 1.54) is 12.5 Å². The van der Waals surface area contributed by atoms with E-state index in [9.17, 15) is 9.59 Å². The smallest absolute Gasteiger partial charge is 0.238 e. The fourth-order valence-corrected chi connectivity index (χ4v) is 3.99. The molecule has 0 radical (unpaired) electrons. The highest BCUT2D eigenvalue weighted by atomic mass is 32.2. The van der Waals surface area contributed by atoms with Crippen molar-refractivity contribution in [1.29, 1.82) is 0 Å². The Hall–Kier alpha value is -2.27. The van der Waals surface area contributed by atoms with Crippen molar-refractivity contribution in [2.75, 3.05) is 16.0 Å². The Bertz CT molecular complexity index is 758. The number of carbonyl (C=O) groups is 2. The van der Waals surface area contributed by atoms with Crippen molar-refractivity contribution >= 4 is 35.0 Å². The predicted molar refractivity (Wildman–Crippen MR) is 99.3 cm³/mol. The highest BCUT2D eigenvalue weighted by molar-refractivity contribution is 8.00. The van der Waals surface area contributed by atoms with Crippen molar-refractivity contribution in [3.05, 3.63) is 59.7 Å². The SMILES string of the molecule is CCc1cccc(N2C(=O)CS[C@H]2c2ccc(NC(C)=O)cc2)c1. The number of amides is 2. The summed E-state index contributed by atoms with van der Waals surface area (Å²) in [7, 11) is 0. The molecule has 24 heavy (non-hydrogen) atoms. The number of nitrogens with one attached hydrogen (secondary N) is 1. The minimum absolute atomic E-state index is 0.0315. The van der Waals surface area contributed by atoms with Gasteiger partial charge in [-0.3, -0.25) is 14.5 Å². The van der Waals surface area contributed by atoms with Crippen LogP contribution >= 0.6 is 11.8 Å². The van der Waals surface area contributed by atoms with Gasteiger partial charge in [-0.05, 0) is 41.8 Å². The maximum atomic E-state index is 12.4. The van der Waals surface area contributed by atoms with E-state index in [-0.39, 0.29) is 17.2 Å². The molecule has 1 heterocycles. The van der Waals surface area contributed by atoms with Gasteiger partial charge < -0.3 is 5.32 Å². The Labute approximate surface area is 146 Å². The fourth-order valence-electron chi connectivity index (χ4n) is 2.81. The second-order valence-corrected chi connectivity index (χ2v) is 6.82. The third-order valence-corrected chi connectivity index (χ3v) is 5.19. The zero-order valence-corrected chi connectivity index (χ0v) is 14.6. The molecule has 1 N–H and O–H groups in total. The first-order chi connectivity index (χ1) is 11.6. The summed E-state index contributed by atoms with van der Waals surface area (Å²) in [5.74, 6) is 0.518. The largest absolute Gasteiger partial charge is 0.326 e. The van der Waals surface area contributed by atoms with Crippen LogP contribution in [0.1, 0.15) is 30.3 Å². The molecule has 0 unspecified atom stereocenters. The number of thioether (sulfide) groups is 1. The molecule has 5 heteroatoms. The van der Waals surface area contributed by atoms with Crippen LogP contribution in [0.4, 0.5) is 11.4 Å². The number of nitrogens with zero attached hydrogens (tertiary/aromatic N) is 1. The lowest BCUT2D eigenvalue weighted by Crippen LogP contribution is -2.27. The first-order valence-corrected chi connectivity index (χ1v) is 9.03. The van der Waals surface area contributed by atoms with E-state index >= 15 is 0 Å². The number of hydrogen-bond donors (Lipinski definition) is 1. The van der Waals surface area contributed by atoms with Gasteiger partial charge in [0.05, 0.1) is 5.75 Å². The Morgan fingerprint density at radius 1 is 1.25 bits per heavy atom. The predicted octanol–water partition coefficient (Wildman–Crippen LogP) is 3.99. The van der Waals surface area contributed by atoms with Gasteiger partial charge in [0.2, 0.25) is 11.8 Å². The third-order valence-electron chi connectivity index (χ3n) is 3.98. The minimum atomic E-state index is -0.0915. The van der Waals surface area contributed by atoms with Crippen LogP contribution in [0.5, 0.6) is 0 Å². The van der Waals surface area contributed by atoms with Gasteiger partial charge in [-0.2, -0.15) is 0 Å². The van der Waals surface area contributed by atoms with E-state index in [0.29, 0.717) is 5.75 Å². The van der Waals surface area contributed by atoms with Gasteiger partial charge in [-0.1, -0.05) is 31.2 Å². The van der Waals surface area contributed by atoms with Crippen LogP contribution in [0.3, 0.4) is 0 Å². The standard InChI is InChI=1S/C19H20N2O2S/c1-3-14-5-4-6-17(11-14)21-18(23)12-24-19(21)15-7-9-16(10-8-15)20-13(2)22/h4-11,19H,3,12H2,1-2H3,(H,20,22)/t19-/m0/s1. The van der Waals surface area contributed by atoms with E-state index < -0.39 is 0 Å². The van der Waals surface area contributed by atoms with Gasteiger partial charge in [0.1, 0.15) is 5.37 Å². The molecule has 0 bridgehead atoms. The van der Waals surface area contributed by atoms with Crippen molar-refractivity contribution < 1.29 is 9.59 Å². The lowest BCUT2D eigenvalue weighted by Gasteiger charge is -2.25. The number of aryl methyl sites for hydroxylation is 1. The Morgan fingerprint density at radius 2 is 2.00 bits per heavy atom. The monoisotopic (exact) mass is 340 g/mol. The van der Waals surface area contributed by atoms with Crippen molar-refractivity contribution in [1.82, 2.24) is 0 Å². The lowest BCUT2D eigenvalue weighted by molar-refractivity contribution is -0.116. The lowest BCUT2D eigenvalue weighted by atomic mass is 10.1. The van der Waals surface area contributed by atoms with Gasteiger partial charge in [0, 0.05) is 18.3 Å². The first-order valence-electron chi connectivity index (χ1n) is 7.98. The van der Waals surface area contributed by atoms with Crippen LogP contribution in [0.15, 0.2) is 48.5 Å². The van der Waals surface area contributed by atoms with Crippen molar-refractivity contribution in [2.24, 2.45) is 0 Å². The Morgan fingerprint density at radius 3 is 2.67 bits per heavy atom. The molecule has 1 saturated heterocycles. The van der Waals surface area contributed by atoms with Crippen LogP contribution in [-0.4, -0.2) is 17.6 Å². The number of rotatable bonds is 4. The van der Waals surface area contributed by atoms with E-state index in [0.717, 1.165) is 23.4 Å². The first kappa shape index (κ1) is 16.6. The molecule has 1 aliphatic heterocycles. The van der Waals surface area contributed by atoms with Gasteiger partial charge in [0.25, 0.3) is 0 Å². The van der Waals surface area contributed by atoms with Gasteiger partial charge >= 0.3 is 0 Å². The zero-order valence-electron chi connectivity index (χ0n) is 13.8. The summed E-state index contributed by atoms with van der Waals surface area (Å²) in [5, 5.41) is 2.73. The maximum absolute atomic E-state index is 12.4. The molecule has 2 amide bonds. The van der Waals surface area contributed by atoms with E-state index in [2.05, 4.69) is 24.4 Å². The van der Waals surface area contributed by atoms with Crippen molar-refractivity contribution in [2.45, 2.75) is 25.6 Å². The fraction of sp³-hybridized carbons (Fsp3) is 0.263. The summed E-state index contributed by atoms with van der Waals surface area (Å²) in [4.78, 5) is 25.4. The summed E-state index contributed by atoms with van der Waals surface area (Å²) in [6, 6.07) is 15.8. The molecule has 2 aromatic rings. The second-order valence-electron chi connectivity index (χ2n) is 5.75.